The van der Waals surface area contributed by atoms with E-state index in [-0.39, 0.29) is 76.5 Å². The third-order valence-corrected chi connectivity index (χ3v) is 5.83. The Labute approximate surface area is 325 Å². The average molecular weight is 715 g/mol. The van der Waals surface area contributed by atoms with Crippen molar-refractivity contribution >= 4 is 46.9 Å². The molecule has 0 bridgehead atoms. The first-order valence-corrected chi connectivity index (χ1v) is 12.8. The van der Waals surface area contributed by atoms with E-state index in [4.69, 9.17) is 10.1 Å². The van der Waals surface area contributed by atoms with E-state index in [0.717, 1.165) is 30.1 Å². The van der Waals surface area contributed by atoms with Crippen LogP contribution in [0, 0.1) is 30.3 Å². The number of nitro groups is 3. The van der Waals surface area contributed by atoms with Gasteiger partial charge in [0.05, 0.1) is 44.0 Å². The van der Waals surface area contributed by atoms with E-state index >= 15 is 0 Å². The van der Waals surface area contributed by atoms with Gasteiger partial charge in [-0.3, -0.25) is 54.4 Å². The summed E-state index contributed by atoms with van der Waals surface area (Å²) in [5.41, 5.74) is -2.25. The van der Waals surface area contributed by atoms with Gasteiger partial charge >= 0.3 is 59.1 Å². The number of carbonyl (C=O) groups excluding carboxylic acids is 6. The number of carbonyl (C=O) groups is 6. The number of rotatable bonds is 6. The number of amides is 4. The number of hydrogen-bond donors (Lipinski definition) is 2. The summed E-state index contributed by atoms with van der Waals surface area (Å²) in [4.78, 5) is 95.7. The van der Waals surface area contributed by atoms with E-state index in [9.17, 15) is 59.2 Å². The molecule has 0 radical (unpaired) electrons. The Morgan fingerprint density at radius 1 is 0.620 bits per heavy atom. The molecule has 50 heavy (non-hydrogen) atoms. The second-order valence-electron chi connectivity index (χ2n) is 8.80. The van der Waals surface area contributed by atoms with E-state index in [1.807, 2.05) is 0 Å². The van der Waals surface area contributed by atoms with E-state index in [1.165, 1.54) is 39.3 Å². The minimum Gasteiger partial charge on any atom is -0.545 e. The van der Waals surface area contributed by atoms with Crippen molar-refractivity contribution in [3.8, 4) is 0 Å². The second-order valence-corrected chi connectivity index (χ2v) is 8.80. The van der Waals surface area contributed by atoms with Crippen molar-refractivity contribution in [2.45, 2.75) is 0 Å². The van der Waals surface area contributed by atoms with Crippen molar-refractivity contribution < 1.29 is 113 Å². The third kappa shape index (κ3) is 12.4. The molecular weight excluding hydrogens is 690 g/mol. The number of fused-ring (bicyclic) bond motifs is 1. The maximum absolute atomic E-state index is 11.4. The van der Waals surface area contributed by atoms with Crippen LogP contribution in [0.1, 0.15) is 62.1 Å². The quantitative estimate of drug-likeness (QED) is 0.104. The van der Waals surface area contributed by atoms with Gasteiger partial charge in [-0.1, -0.05) is 30.3 Å². The Kier molecular flexibility index (Phi) is 20.5. The summed E-state index contributed by atoms with van der Waals surface area (Å²) in [7, 11) is 4.92. The summed E-state index contributed by atoms with van der Waals surface area (Å²) in [6.45, 7) is 0. The summed E-state index contributed by atoms with van der Waals surface area (Å²) in [5, 5.41) is 55.8. The number of carboxylic acid groups (broad SMARTS) is 2. The molecular formula is C28H24N6Na2O14. The van der Waals surface area contributed by atoms with Gasteiger partial charge in [-0.25, -0.2) is 0 Å². The van der Waals surface area contributed by atoms with Crippen molar-refractivity contribution in [1.82, 2.24) is 15.5 Å². The van der Waals surface area contributed by atoms with Gasteiger partial charge in [0.15, 0.2) is 7.05 Å². The Balaban J connectivity index is 0. The van der Waals surface area contributed by atoms with Gasteiger partial charge in [0.2, 0.25) is 0 Å². The van der Waals surface area contributed by atoms with E-state index in [2.05, 4.69) is 10.6 Å². The molecule has 0 aliphatic carbocycles. The van der Waals surface area contributed by atoms with Crippen LogP contribution in [0.25, 0.3) is 0 Å². The third-order valence-electron chi connectivity index (χ3n) is 5.83. The van der Waals surface area contributed by atoms with Crippen molar-refractivity contribution in [3.05, 3.63) is 124 Å². The number of aromatic carboxylic acids is 2. The van der Waals surface area contributed by atoms with Crippen LogP contribution in [-0.2, 0) is 0 Å². The summed E-state index contributed by atoms with van der Waals surface area (Å²) < 4.78 is 0. The first kappa shape index (κ1) is 47.0. The van der Waals surface area contributed by atoms with Crippen LogP contribution in [0.3, 0.4) is 0 Å². The Bertz CT molecular complexity index is 1750. The molecule has 2 N–H and O–H groups in total. The molecule has 3 aromatic carbocycles. The molecule has 4 amide bonds. The molecule has 20 nitrogen and oxygen atoms in total. The zero-order chi connectivity index (χ0) is 36.9. The summed E-state index contributed by atoms with van der Waals surface area (Å²) in [6, 6.07) is 13.5. The molecule has 22 heteroatoms. The van der Waals surface area contributed by atoms with Gasteiger partial charge in [0, 0.05) is 43.8 Å². The van der Waals surface area contributed by atoms with Crippen LogP contribution >= 0.6 is 0 Å². The van der Waals surface area contributed by atoms with E-state index < -0.39 is 66.6 Å². The fourth-order valence-electron chi connectivity index (χ4n) is 3.77. The van der Waals surface area contributed by atoms with Crippen LogP contribution < -0.4 is 80.0 Å². The van der Waals surface area contributed by atoms with E-state index in [0.29, 0.717) is 11.1 Å². The second kappa shape index (κ2) is 21.8. The predicted octanol–water partition coefficient (Wildman–Crippen LogP) is -6.55. The smallest absolute Gasteiger partial charge is 0.545 e. The molecule has 0 spiro atoms. The summed E-state index contributed by atoms with van der Waals surface area (Å²) in [5.74, 6) is -5.38. The number of imide groups is 1. The monoisotopic (exact) mass is 714 g/mol. The molecule has 1 heterocycles. The molecule has 4 rings (SSSR count). The van der Waals surface area contributed by atoms with Crippen LogP contribution in [0.4, 0.5) is 11.4 Å². The predicted molar refractivity (Wildman–Crippen MR) is 157 cm³/mol. The van der Waals surface area contributed by atoms with Crippen LogP contribution in [-0.4, -0.2) is 83.4 Å². The number of nitrogens with one attached hydrogen (secondary N) is 2. The molecule has 0 atom stereocenters. The standard InChI is InChI=1S/2C9H8N2O5.C9H7NO2.CH3NO2.2Na/c1-10-8(12)7-5(9(13)14)3-2-4-6(7)11(15)16;1-10-8(12)5-3-2-4-6(11(15)16)7(5)9(13)14;1-10-8(11)6-4-2-3-5-7(6)9(10)12;1-2(3)4;;/h2*2-4H,1H3,(H,10,12)(H,13,14);2-5H,1H3;1H3;;/q;;;;2*+1/p-2. The van der Waals surface area contributed by atoms with Gasteiger partial charge in [-0.2, -0.15) is 0 Å². The molecule has 0 saturated heterocycles. The van der Waals surface area contributed by atoms with Gasteiger partial charge in [-0.05, 0) is 18.2 Å². The Morgan fingerprint density at radius 3 is 1.34 bits per heavy atom. The number of benzene rings is 3. The zero-order valence-electron chi connectivity index (χ0n) is 27.3. The fraction of sp³-hybridized carbons (Fsp3) is 0.143. The molecule has 252 valence electrons. The van der Waals surface area contributed by atoms with Gasteiger partial charge < -0.3 is 30.4 Å². The summed E-state index contributed by atoms with van der Waals surface area (Å²) >= 11 is 0. The minimum atomic E-state index is -1.76. The maximum atomic E-state index is 11.4. The summed E-state index contributed by atoms with van der Waals surface area (Å²) in [6.07, 6.45) is 0. The number of nitro benzene ring substituents is 2. The largest absolute Gasteiger partial charge is 1.00 e. The van der Waals surface area contributed by atoms with Gasteiger partial charge in [0.25, 0.3) is 35.0 Å². The zero-order valence-corrected chi connectivity index (χ0v) is 31.3. The molecule has 1 aliphatic rings. The van der Waals surface area contributed by atoms with Crippen molar-refractivity contribution in [1.29, 1.82) is 0 Å². The normalized spacial score (nSPS) is 10.3. The van der Waals surface area contributed by atoms with Crippen LogP contribution in [0.2, 0.25) is 0 Å². The maximum Gasteiger partial charge on any atom is 1.00 e. The number of carboxylic acids is 2. The average Bonchev–Trinajstić information content (AvgIpc) is 3.27. The Morgan fingerprint density at radius 2 is 1.00 bits per heavy atom. The van der Waals surface area contributed by atoms with Crippen LogP contribution in [0.5, 0.6) is 0 Å². The molecule has 0 fully saturated rings. The SMILES string of the molecule is CN1C(=O)c2ccccc2C1=O.CNC(=O)c1c(C(=O)[O-])cccc1[N+](=O)[O-].CNC(=O)c1cccc([N+](=O)[O-])c1C(=O)[O-].C[N+](=O)[O-].[Na+].[Na+]. The van der Waals surface area contributed by atoms with Gasteiger partial charge in [0.1, 0.15) is 5.56 Å². The topological polar surface area (TPSA) is 305 Å². The molecule has 0 unspecified atom stereocenters. The van der Waals surface area contributed by atoms with Crippen molar-refractivity contribution in [2.24, 2.45) is 0 Å². The first-order chi connectivity index (χ1) is 22.4. The van der Waals surface area contributed by atoms with Gasteiger partial charge in [-0.15, -0.1) is 0 Å². The van der Waals surface area contributed by atoms with E-state index in [1.54, 1.807) is 24.3 Å². The minimum absolute atomic E-state index is 0. The van der Waals surface area contributed by atoms with Crippen LogP contribution in [0.15, 0.2) is 60.7 Å². The Hall–Kier alpha value is -5.12. The number of hydrogen-bond acceptors (Lipinski definition) is 14. The van der Waals surface area contributed by atoms with Crippen molar-refractivity contribution in [2.75, 3.05) is 28.2 Å². The number of nitrogens with zero attached hydrogens (tertiary/aromatic N) is 4. The molecule has 0 aromatic heterocycles. The molecule has 0 saturated carbocycles. The van der Waals surface area contributed by atoms with Crippen molar-refractivity contribution in [3.63, 3.8) is 0 Å². The first-order valence-electron chi connectivity index (χ1n) is 12.8. The fourth-order valence-corrected chi connectivity index (χ4v) is 3.77. The molecule has 1 aliphatic heterocycles. The molecule has 3 aromatic rings.